The number of thioether (sulfide) groups is 1. The zero-order valence-electron chi connectivity index (χ0n) is 20.2. The molecule has 8 nitrogen and oxygen atoms in total. The maximum atomic E-state index is 14.2. The van der Waals surface area contributed by atoms with Gasteiger partial charge in [-0.1, -0.05) is 60.1 Å². The molecule has 5 rings (SSSR count). The largest absolute Gasteiger partial charge is 0.344 e. The van der Waals surface area contributed by atoms with Gasteiger partial charge in [-0.3, -0.25) is 19.2 Å². The Morgan fingerprint density at radius 2 is 1.71 bits per heavy atom. The molecule has 3 N–H and O–H groups in total. The number of halogens is 1. The molecule has 3 aromatic rings. The molecule has 0 bridgehead atoms. The second kappa shape index (κ2) is 11.3. The second-order valence-corrected chi connectivity index (χ2v) is 10.7. The molecule has 2 aliphatic rings. The summed E-state index contributed by atoms with van der Waals surface area (Å²) in [5, 5.41) is 8.35. The number of carbonyl (C=O) groups excluding carboxylic acids is 4. The monoisotopic (exact) mass is 548 g/mol. The molecule has 0 aromatic heterocycles. The average molecular weight is 549 g/mol. The number of hydrogen-bond donors (Lipinski definition) is 3. The molecule has 1 saturated heterocycles. The summed E-state index contributed by atoms with van der Waals surface area (Å²) in [4.78, 5) is 54.3. The Morgan fingerprint density at radius 1 is 1.00 bits per heavy atom. The van der Waals surface area contributed by atoms with Crippen LogP contribution in [0.25, 0.3) is 0 Å². The van der Waals surface area contributed by atoms with Gasteiger partial charge in [-0.15, -0.1) is 11.8 Å². The fraction of sp³-hybridized carbons (Fsp3) is 0.214. The second-order valence-electron chi connectivity index (χ2n) is 9.04. The Balaban J connectivity index is 1.51. The summed E-state index contributed by atoms with van der Waals surface area (Å²) in [5.74, 6) is -1.46. The van der Waals surface area contributed by atoms with Crippen molar-refractivity contribution in [2.75, 3.05) is 16.8 Å². The van der Waals surface area contributed by atoms with Crippen LogP contribution in [0.5, 0.6) is 0 Å². The Morgan fingerprint density at radius 3 is 2.39 bits per heavy atom. The maximum Gasteiger partial charge on any atom is 0.251 e. The topological polar surface area (TPSA) is 108 Å². The lowest BCUT2D eigenvalue weighted by Gasteiger charge is -2.29. The van der Waals surface area contributed by atoms with Crippen LogP contribution >= 0.6 is 23.4 Å². The SMILES string of the molecule is O=C(CN1C(=O)[C@@H](NC(=O)[C@@H]2CCC(=O)N2)[C@H](c2ccccc2)Sc2cc(Cl)ccc21)Nc1ccccc1. The van der Waals surface area contributed by atoms with Crippen LogP contribution in [-0.4, -0.2) is 42.3 Å². The lowest BCUT2D eigenvalue weighted by molar-refractivity contribution is -0.129. The van der Waals surface area contributed by atoms with Gasteiger partial charge in [0.25, 0.3) is 5.91 Å². The summed E-state index contributed by atoms with van der Waals surface area (Å²) in [6.07, 6.45) is 0.608. The Bertz CT molecular complexity index is 1370. The van der Waals surface area contributed by atoms with Gasteiger partial charge in [0.05, 0.1) is 10.9 Å². The predicted octanol–water partition coefficient (Wildman–Crippen LogP) is 3.92. The van der Waals surface area contributed by atoms with Gasteiger partial charge in [0, 0.05) is 22.0 Å². The normalized spacial score (nSPS) is 20.8. The van der Waals surface area contributed by atoms with Crippen LogP contribution < -0.4 is 20.9 Å². The molecule has 3 aromatic carbocycles. The summed E-state index contributed by atoms with van der Waals surface area (Å²) < 4.78 is 0. The fourth-order valence-electron chi connectivity index (χ4n) is 4.56. The number of rotatable bonds is 6. The number of carbonyl (C=O) groups is 4. The van der Waals surface area contributed by atoms with Gasteiger partial charge in [-0.05, 0) is 42.3 Å². The third-order valence-corrected chi connectivity index (χ3v) is 8.01. The van der Waals surface area contributed by atoms with E-state index in [0.717, 1.165) is 5.56 Å². The van der Waals surface area contributed by atoms with E-state index in [9.17, 15) is 19.2 Å². The van der Waals surface area contributed by atoms with E-state index < -0.39 is 29.1 Å². The molecule has 10 heteroatoms. The van der Waals surface area contributed by atoms with E-state index in [2.05, 4.69) is 16.0 Å². The van der Waals surface area contributed by atoms with Crippen molar-refractivity contribution in [2.45, 2.75) is 35.1 Å². The molecule has 2 aliphatic heterocycles. The first-order valence-electron chi connectivity index (χ1n) is 12.2. The highest BCUT2D eigenvalue weighted by atomic mass is 35.5. The predicted molar refractivity (Wildman–Crippen MR) is 147 cm³/mol. The molecule has 0 aliphatic carbocycles. The van der Waals surface area contributed by atoms with Crippen molar-refractivity contribution < 1.29 is 19.2 Å². The molecule has 0 saturated carbocycles. The van der Waals surface area contributed by atoms with Crippen molar-refractivity contribution in [3.63, 3.8) is 0 Å². The number of para-hydroxylation sites is 1. The van der Waals surface area contributed by atoms with Gasteiger partial charge in [-0.25, -0.2) is 0 Å². The molecule has 3 atom stereocenters. The summed E-state index contributed by atoms with van der Waals surface area (Å²) in [6.45, 7) is -0.267. The van der Waals surface area contributed by atoms with Gasteiger partial charge in [0.1, 0.15) is 18.6 Å². The minimum Gasteiger partial charge on any atom is -0.344 e. The molecule has 0 unspecified atom stereocenters. The van der Waals surface area contributed by atoms with E-state index in [1.807, 2.05) is 36.4 Å². The van der Waals surface area contributed by atoms with E-state index in [4.69, 9.17) is 11.6 Å². The van der Waals surface area contributed by atoms with Gasteiger partial charge in [0.2, 0.25) is 17.7 Å². The Labute approximate surface area is 229 Å². The number of amides is 4. The first-order chi connectivity index (χ1) is 18.4. The van der Waals surface area contributed by atoms with Gasteiger partial charge >= 0.3 is 0 Å². The molecule has 0 radical (unpaired) electrons. The highest BCUT2D eigenvalue weighted by molar-refractivity contribution is 7.99. The lowest BCUT2D eigenvalue weighted by atomic mass is 10.0. The number of anilines is 2. The molecular formula is C28H25ClN4O4S. The van der Waals surface area contributed by atoms with Crippen molar-refractivity contribution >= 4 is 58.4 Å². The quantitative estimate of drug-likeness (QED) is 0.433. The molecule has 2 heterocycles. The minimum absolute atomic E-state index is 0.201. The van der Waals surface area contributed by atoms with Crippen LogP contribution in [0.2, 0.25) is 5.02 Å². The molecule has 1 fully saturated rings. The van der Waals surface area contributed by atoms with Crippen molar-refractivity contribution in [2.24, 2.45) is 0 Å². The summed E-state index contributed by atoms with van der Waals surface area (Å²) in [5.41, 5.74) is 1.96. The molecule has 0 spiro atoms. The van der Waals surface area contributed by atoms with Crippen LogP contribution in [0.15, 0.2) is 83.8 Å². The van der Waals surface area contributed by atoms with Crippen molar-refractivity contribution in [1.82, 2.24) is 10.6 Å². The fourth-order valence-corrected chi connectivity index (χ4v) is 6.18. The third kappa shape index (κ3) is 5.69. The number of hydrogen-bond acceptors (Lipinski definition) is 5. The van der Waals surface area contributed by atoms with Crippen LogP contribution in [0.1, 0.15) is 23.7 Å². The van der Waals surface area contributed by atoms with E-state index in [1.54, 1.807) is 42.5 Å². The summed E-state index contributed by atoms with van der Waals surface area (Å²) in [6, 6.07) is 21.8. The van der Waals surface area contributed by atoms with Gasteiger partial charge in [0.15, 0.2) is 0 Å². The van der Waals surface area contributed by atoms with Crippen LogP contribution in [-0.2, 0) is 19.2 Å². The van der Waals surface area contributed by atoms with E-state index in [-0.39, 0.29) is 24.8 Å². The van der Waals surface area contributed by atoms with E-state index in [1.165, 1.54) is 16.7 Å². The molecule has 38 heavy (non-hydrogen) atoms. The number of nitrogens with one attached hydrogen (secondary N) is 3. The third-order valence-electron chi connectivity index (χ3n) is 6.40. The zero-order chi connectivity index (χ0) is 26.6. The highest BCUT2D eigenvalue weighted by Crippen LogP contribution is 2.46. The van der Waals surface area contributed by atoms with Crippen molar-refractivity contribution in [1.29, 1.82) is 0 Å². The molecule has 4 amide bonds. The summed E-state index contributed by atoms with van der Waals surface area (Å²) in [7, 11) is 0. The Kier molecular flexibility index (Phi) is 7.67. The van der Waals surface area contributed by atoms with Crippen LogP contribution in [0.4, 0.5) is 11.4 Å². The Hall–Kier alpha value is -3.82. The first kappa shape index (κ1) is 25.8. The average Bonchev–Trinajstić information content (AvgIpc) is 3.32. The van der Waals surface area contributed by atoms with Crippen molar-refractivity contribution in [3.05, 3.63) is 89.4 Å². The molecular weight excluding hydrogens is 524 g/mol. The van der Waals surface area contributed by atoms with E-state index >= 15 is 0 Å². The smallest absolute Gasteiger partial charge is 0.251 e. The standard InChI is InChI=1S/C28H25ClN4O4S/c29-18-11-13-21-22(15-18)38-26(17-7-3-1-4-8-17)25(32-27(36)20-12-14-23(34)31-20)28(37)33(21)16-24(35)30-19-9-5-2-6-10-19/h1-11,13,15,20,25-26H,12,14,16H2,(H,30,35)(H,31,34)(H,32,36)/t20-,25-,26-/m0/s1. The number of fused-ring (bicyclic) bond motifs is 1. The van der Waals surface area contributed by atoms with E-state index in [0.29, 0.717) is 27.7 Å². The number of nitrogens with zero attached hydrogens (tertiary/aromatic N) is 1. The lowest BCUT2D eigenvalue weighted by Crippen LogP contribution is -2.55. The maximum absolute atomic E-state index is 14.2. The van der Waals surface area contributed by atoms with Gasteiger partial charge < -0.3 is 20.9 Å². The van der Waals surface area contributed by atoms with Crippen LogP contribution in [0.3, 0.4) is 0 Å². The minimum atomic E-state index is -1.01. The van der Waals surface area contributed by atoms with Crippen molar-refractivity contribution in [3.8, 4) is 0 Å². The van der Waals surface area contributed by atoms with Gasteiger partial charge in [-0.2, -0.15) is 0 Å². The molecule has 194 valence electrons. The van der Waals surface area contributed by atoms with Crippen LogP contribution in [0, 0.1) is 0 Å². The first-order valence-corrected chi connectivity index (χ1v) is 13.4. The summed E-state index contributed by atoms with van der Waals surface area (Å²) >= 11 is 7.73. The highest BCUT2D eigenvalue weighted by Gasteiger charge is 2.41. The zero-order valence-corrected chi connectivity index (χ0v) is 21.8. The number of benzene rings is 3.